The van der Waals surface area contributed by atoms with Crippen LogP contribution in [0.2, 0.25) is 0 Å². The zero-order valence-electron chi connectivity index (χ0n) is 12.3. The molecule has 1 saturated carbocycles. The van der Waals surface area contributed by atoms with E-state index in [1.54, 1.807) is 0 Å². The highest BCUT2D eigenvalue weighted by Gasteiger charge is 2.31. The molecule has 4 nitrogen and oxygen atoms in total. The van der Waals surface area contributed by atoms with E-state index >= 15 is 0 Å². The van der Waals surface area contributed by atoms with Crippen molar-refractivity contribution in [1.29, 1.82) is 0 Å². The normalized spacial score (nSPS) is 22.8. The van der Waals surface area contributed by atoms with Crippen LogP contribution in [0.5, 0.6) is 0 Å². The summed E-state index contributed by atoms with van der Waals surface area (Å²) in [7, 11) is 0. The van der Waals surface area contributed by atoms with E-state index in [-0.39, 0.29) is 5.91 Å². The fraction of sp³-hybridized carbons (Fsp3) is 0.688. The van der Waals surface area contributed by atoms with Gasteiger partial charge in [0.25, 0.3) is 5.91 Å². The summed E-state index contributed by atoms with van der Waals surface area (Å²) < 4.78 is 2.18. The molecule has 4 heteroatoms. The predicted molar refractivity (Wildman–Crippen MR) is 79.9 cm³/mol. The fourth-order valence-corrected chi connectivity index (χ4v) is 3.18. The van der Waals surface area contributed by atoms with Crippen molar-refractivity contribution < 1.29 is 4.79 Å². The Hall–Kier alpha value is -1.29. The Morgan fingerprint density at radius 3 is 2.95 bits per heavy atom. The minimum atomic E-state index is 0.220. The summed E-state index contributed by atoms with van der Waals surface area (Å²) in [6, 6.07) is 4.92. The van der Waals surface area contributed by atoms with Crippen LogP contribution in [-0.4, -0.2) is 41.1 Å². The number of amides is 1. The SMILES string of the molecule is CCCN(C(=O)c1cccn1C1CC1)C1CCCNC1. The van der Waals surface area contributed by atoms with E-state index in [4.69, 9.17) is 0 Å². The summed E-state index contributed by atoms with van der Waals surface area (Å²) in [4.78, 5) is 15.0. The third kappa shape index (κ3) is 2.75. The number of rotatable bonds is 5. The number of carbonyl (C=O) groups is 1. The molecule has 2 fully saturated rings. The van der Waals surface area contributed by atoms with Crippen molar-refractivity contribution in [2.24, 2.45) is 0 Å². The second-order valence-electron chi connectivity index (χ2n) is 6.03. The smallest absolute Gasteiger partial charge is 0.270 e. The first-order valence-electron chi connectivity index (χ1n) is 7.99. The minimum Gasteiger partial charge on any atom is -0.340 e. The first-order valence-corrected chi connectivity index (χ1v) is 7.99. The summed E-state index contributed by atoms with van der Waals surface area (Å²) in [5, 5.41) is 3.42. The van der Waals surface area contributed by atoms with E-state index in [1.165, 1.54) is 19.3 Å². The van der Waals surface area contributed by atoms with Gasteiger partial charge in [0.05, 0.1) is 0 Å². The second-order valence-corrected chi connectivity index (χ2v) is 6.03. The van der Waals surface area contributed by atoms with Crippen LogP contribution in [-0.2, 0) is 0 Å². The van der Waals surface area contributed by atoms with Crippen LogP contribution in [0.1, 0.15) is 55.6 Å². The lowest BCUT2D eigenvalue weighted by Gasteiger charge is -2.34. The van der Waals surface area contributed by atoms with Crippen molar-refractivity contribution >= 4 is 5.91 Å². The van der Waals surface area contributed by atoms with E-state index in [1.807, 2.05) is 12.1 Å². The topological polar surface area (TPSA) is 37.3 Å². The number of hydrogen-bond acceptors (Lipinski definition) is 2. The zero-order valence-corrected chi connectivity index (χ0v) is 12.3. The number of aromatic nitrogens is 1. The largest absolute Gasteiger partial charge is 0.340 e. The Balaban J connectivity index is 1.78. The monoisotopic (exact) mass is 275 g/mol. The molecule has 110 valence electrons. The number of nitrogens with zero attached hydrogens (tertiary/aromatic N) is 2. The lowest BCUT2D eigenvalue weighted by Crippen LogP contribution is -2.49. The molecule has 0 spiro atoms. The fourth-order valence-electron chi connectivity index (χ4n) is 3.18. The molecule has 2 heterocycles. The van der Waals surface area contributed by atoms with Crippen LogP contribution >= 0.6 is 0 Å². The predicted octanol–water partition coefficient (Wildman–Crippen LogP) is 2.43. The van der Waals surface area contributed by atoms with Gasteiger partial charge >= 0.3 is 0 Å². The van der Waals surface area contributed by atoms with Gasteiger partial charge in [-0.05, 0) is 50.8 Å². The molecule has 1 amide bonds. The molecule has 0 bridgehead atoms. The van der Waals surface area contributed by atoms with E-state index in [0.29, 0.717) is 12.1 Å². The molecule has 20 heavy (non-hydrogen) atoms. The molecule has 2 aliphatic rings. The Labute approximate surface area is 121 Å². The molecule has 1 saturated heterocycles. The molecule has 3 rings (SSSR count). The van der Waals surface area contributed by atoms with Gasteiger partial charge in [-0.15, -0.1) is 0 Å². The Bertz CT molecular complexity index is 458. The van der Waals surface area contributed by atoms with Crippen LogP contribution < -0.4 is 5.32 Å². The van der Waals surface area contributed by atoms with Gasteiger partial charge in [-0.2, -0.15) is 0 Å². The van der Waals surface area contributed by atoms with E-state index < -0.39 is 0 Å². The molecule has 1 N–H and O–H groups in total. The number of piperidine rings is 1. The molecular weight excluding hydrogens is 250 g/mol. The van der Waals surface area contributed by atoms with E-state index in [2.05, 4.69) is 27.9 Å². The Morgan fingerprint density at radius 2 is 2.30 bits per heavy atom. The first-order chi connectivity index (χ1) is 9.81. The third-order valence-corrected chi connectivity index (χ3v) is 4.38. The molecule has 0 aromatic carbocycles. The van der Waals surface area contributed by atoms with Crippen LogP contribution in [0, 0.1) is 0 Å². The summed E-state index contributed by atoms with van der Waals surface area (Å²) in [5.74, 6) is 0.220. The molecule has 1 aliphatic carbocycles. The quantitative estimate of drug-likeness (QED) is 0.896. The van der Waals surface area contributed by atoms with Crippen molar-refractivity contribution in [3.63, 3.8) is 0 Å². The number of nitrogens with one attached hydrogen (secondary N) is 1. The lowest BCUT2D eigenvalue weighted by molar-refractivity contribution is 0.0637. The maximum atomic E-state index is 12.9. The molecule has 1 aromatic rings. The van der Waals surface area contributed by atoms with Gasteiger partial charge in [0.2, 0.25) is 0 Å². The van der Waals surface area contributed by atoms with Crippen molar-refractivity contribution in [1.82, 2.24) is 14.8 Å². The Morgan fingerprint density at radius 1 is 1.45 bits per heavy atom. The van der Waals surface area contributed by atoms with E-state index in [0.717, 1.165) is 38.2 Å². The van der Waals surface area contributed by atoms with Gasteiger partial charge in [-0.25, -0.2) is 0 Å². The maximum absolute atomic E-state index is 12.9. The molecule has 1 unspecified atom stereocenters. The highest BCUT2D eigenvalue weighted by molar-refractivity contribution is 5.93. The highest BCUT2D eigenvalue weighted by atomic mass is 16.2. The van der Waals surface area contributed by atoms with E-state index in [9.17, 15) is 4.79 Å². The summed E-state index contributed by atoms with van der Waals surface area (Å²) in [6.07, 6.45) is 7.81. The van der Waals surface area contributed by atoms with Crippen molar-refractivity contribution in [3.05, 3.63) is 24.0 Å². The average Bonchev–Trinajstić information content (AvgIpc) is 3.22. The van der Waals surface area contributed by atoms with Gasteiger partial charge in [-0.3, -0.25) is 4.79 Å². The highest BCUT2D eigenvalue weighted by Crippen LogP contribution is 2.36. The minimum absolute atomic E-state index is 0.220. The molecule has 1 aliphatic heterocycles. The molecular formula is C16H25N3O. The average molecular weight is 275 g/mol. The van der Waals surface area contributed by atoms with Gasteiger partial charge in [-0.1, -0.05) is 6.92 Å². The first kappa shape index (κ1) is 13.7. The standard InChI is InChI=1S/C16H25N3O/c1-2-10-19(14-5-3-9-17-12-14)16(20)15-6-4-11-18(15)13-7-8-13/h4,6,11,13-14,17H,2-3,5,7-10,12H2,1H3. The number of carbonyl (C=O) groups excluding carboxylic acids is 1. The van der Waals surface area contributed by atoms with Crippen LogP contribution in [0.25, 0.3) is 0 Å². The lowest BCUT2D eigenvalue weighted by atomic mass is 10.0. The molecule has 0 radical (unpaired) electrons. The number of hydrogen-bond donors (Lipinski definition) is 1. The maximum Gasteiger partial charge on any atom is 0.270 e. The van der Waals surface area contributed by atoms with Crippen LogP contribution in [0.15, 0.2) is 18.3 Å². The van der Waals surface area contributed by atoms with Gasteiger partial charge < -0.3 is 14.8 Å². The van der Waals surface area contributed by atoms with Gasteiger partial charge in [0.15, 0.2) is 0 Å². The van der Waals surface area contributed by atoms with Gasteiger partial charge in [0.1, 0.15) is 5.69 Å². The van der Waals surface area contributed by atoms with Crippen molar-refractivity contribution in [2.75, 3.05) is 19.6 Å². The molecule has 1 atom stereocenters. The summed E-state index contributed by atoms with van der Waals surface area (Å²) >= 11 is 0. The van der Waals surface area contributed by atoms with Crippen LogP contribution in [0.4, 0.5) is 0 Å². The Kier molecular flexibility index (Phi) is 4.10. The van der Waals surface area contributed by atoms with Gasteiger partial charge in [0, 0.05) is 31.4 Å². The summed E-state index contributed by atoms with van der Waals surface area (Å²) in [6.45, 7) is 5.04. The second kappa shape index (κ2) is 6.00. The van der Waals surface area contributed by atoms with Crippen molar-refractivity contribution in [3.8, 4) is 0 Å². The van der Waals surface area contributed by atoms with Crippen molar-refractivity contribution in [2.45, 2.75) is 51.1 Å². The molecule has 1 aromatic heterocycles. The van der Waals surface area contributed by atoms with Crippen LogP contribution in [0.3, 0.4) is 0 Å². The zero-order chi connectivity index (χ0) is 13.9. The summed E-state index contributed by atoms with van der Waals surface area (Å²) in [5.41, 5.74) is 0.881. The third-order valence-electron chi connectivity index (χ3n) is 4.38.